The lowest BCUT2D eigenvalue weighted by molar-refractivity contribution is 0.281. The Hall–Kier alpha value is -3.09. The molecule has 4 rings (SSSR count). The first kappa shape index (κ1) is 20.2. The monoisotopic (exact) mass is 426 g/mol. The molecule has 3 aromatic rings. The summed E-state index contributed by atoms with van der Waals surface area (Å²) in [7, 11) is -3.53. The van der Waals surface area contributed by atoms with Crippen molar-refractivity contribution in [2.75, 3.05) is 18.4 Å². The molecule has 0 unspecified atom stereocenters. The molecule has 0 amide bonds. The predicted octanol–water partition coefficient (Wildman–Crippen LogP) is 3.84. The van der Waals surface area contributed by atoms with E-state index in [1.54, 1.807) is 47.0 Å². The van der Waals surface area contributed by atoms with Crippen molar-refractivity contribution in [3.8, 4) is 17.5 Å². The number of anilines is 1. The number of nitrogens with zero attached hydrogens (tertiary/aromatic N) is 3. The van der Waals surface area contributed by atoms with Gasteiger partial charge in [-0.1, -0.05) is 6.92 Å². The molecule has 0 bridgehead atoms. The van der Waals surface area contributed by atoms with Crippen molar-refractivity contribution < 1.29 is 17.3 Å². The fourth-order valence-electron chi connectivity index (χ4n) is 3.50. The van der Waals surface area contributed by atoms with Gasteiger partial charge in [-0.15, -0.1) is 0 Å². The second-order valence-corrected chi connectivity index (χ2v) is 9.31. The van der Waals surface area contributed by atoms with E-state index in [9.17, 15) is 13.7 Å². The Morgan fingerprint density at radius 1 is 1.30 bits per heavy atom. The van der Waals surface area contributed by atoms with Crippen LogP contribution in [0, 0.1) is 17.2 Å². The first-order chi connectivity index (χ1) is 14.5. The van der Waals surface area contributed by atoms with E-state index in [1.807, 2.05) is 6.07 Å². The third-order valence-corrected chi connectivity index (χ3v) is 6.97. The Bertz CT molecular complexity index is 1140. The summed E-state index contributed by atoms with van der Waals surface area (Å²) in [6.45, 7) is 3.50. The van der Waals surface area contributed by atoms with Crippen LogP contribution in [0.3, 0.4) is 0 Å². The maximum atomic E-state index is 12.9. The number of nitrogens with one attached hydrogen (secondary N) is 1. The lowest BCUT2D eigenvalue weighted by atomic mass is 10.0. The molecule has 9 heteroatoms. The summed E-state index contributed by atoms with van der Waals surface area (Å²) in [5, 5.41) is 12.3. The maximum Gasteiger partial charge on any atom is 0.243 e. The van der Waals surface area contributed by atoms with Crippen molar-refractivity contribution in [3.05, 3.63) is 54.1 Å². The molecule has 0 spiro atoms. The summed E-state index contributed by atoms with van der Waals surface area (Å²) in [6.07, 6.45) is 3.49. The van der Waals surface area contributed by atoms with Crippen molar-refractivity contribution in [3.63, 3.8) is 0 Å². The molecule has 0 radical (unpaired) electrons. The first-order valence-corrected chi connectivity index (χ1v) is 11.2. The number of piperidine rings is 1. The van der Waals surface area contributed by atoms with Gasteiger partial charge in [0.1, 0.15) is 11.8 Å². The number of aromatic nitrogens is 1. The zero-order valence-corrected chi connectivity index (χ0v) is 17.4. The van der Waals surface area contributed by atoms with Gasteiger partial charge in [0, 0.05) is 18.7 Å². The largest absolute Gasteiger partial charge is 0.467 e. The number of furan rings is 1. The second kappa shape index (κ2) is 8.34. The highest BCUT2D eigenvalue weighted by atomic mass is 32.2. The van der Waals surface area contributed by atoms with Gasteiger partial charge in [0.05, 0.1) is 17.7 Å². The van der Waals surface area contributed by atoms with Crippen molar-refractivity contribution >= 4 is 15.9 Å². The van der Waals surface area contributed by atoms with Crippen LogP contribution in [0.5, 0.6) is 0 Å². The molecule has 156 valence electrons. The van der Waals surface area contributed by atoms with Gasteiger partial charge in [0.25, 0.3) is 0 Å². The third kappa shape index (κ3) is 4.10. The van der Waals surface area contributed by atoms with Gasteiger partial charge in [-0.2, -0.15) is 14.6 Å². The summed E-state index contributed by atoms with van der Waals surface area (Å²) in [6, 6.07) is 12.0. The minimum Gasteiger partial charge on any atom is -0.467 e. The van der Waals surface area contributed by atoms with E-state index in [4.69, 9.17) is 8.83 Å². The maximum absolute atomic E-state index is 12.9. The summed E-state index contributed by atoms with van der Waals surface area (Å²) in [5.41, 5.74) is 0.707. The lowest BCUT2D eigenvalue weighted by Crippen LogP contribution is -2.39. The van der Waals surface area contributed by atoms with Gasteiger partial charge >= 0.3 is 0 Å². The topological polar surface area (TPSA) is 112 Å². The van der Waals surface area contributed by atoms with Crippen molar-refractivity contribution in [1.29, 1.82) is 5.26 Å². The number of hydrogen-bond donors (Lipinski definition) is 1. The number of sulfonamides is 1. The van der Waals surface area contributed by atoms with E-state index in [0.29, 0.717) is 36.9 Å². The number of oxazole rings is 1. The Labute approximate surface area is 175 Å². The SMILES string of the molecule is C[C@H]1CCCN(S(=O)(=O)c2ccc(-c3nc(C#N)c(NCc4ccco4)o3)cc2)C1. The van der Waals surface area contributed by atoms with Gasteiger partial charge in [0.15, 0.2) is 0 Å². The highest BCUT2D eigenvalue weighted by Crippen LogP contribution is 2.28. The van der Waals surface area contributed by atoms with Crippen LogP contribution in [0.15, 0.2) is 56.4 Å². The van der Waals surface area contributed by atoms with Gasteiger partial charge in [-0.3, -0.25) is 0 Å². The molecule has 1 aliphatic rings. The van der Waals surface area contributed by atoms with Gasteiger partial charge in [0.2, 0.25) is 27.5 Å². The number of hydrogen-bond acceptors (Lipinski definition) is 7. The van der Waals surface area contributed by atoms with Crippen molar-refractivity contribution in [1.82, 2.24) is 9.29 Å². The van der Waals surface area contributed by atoms with Crippen LogP contribution in [0.2, 0.25) is 0 Å². The predicted molar refractivity (Wildman–Crippen MR) is 110 cm³/mol. The van der Waals surface area contributed by atoms with E-state index in [1.165, 1.54) is 0 Å². The summed E-state index contributed by atoms with van der Waals surface area (Å²) in [5.74, 6) is 1.53. The minimum atomic E-state index is -3.53. The Morgan fingerprint density at radius 3 is 2.77 bits per heavy atom. The molecule has 3 heterocycles. The quantitative estimate of drug-likeness (QED) is 0.637. The molecule has 0 saturated carbocycles. The molecule has 1 aliphatic heterocycles. The van der Waals surface area contributed by atoms with Crippen LogP contribution in [0.4, 0.5) is 5.88 Å². The van der Waals surface area contributed by atoms with Gasteiger partial charge in [-0.25, -0.2) is 8.42 Å². The second-order valence-electron chi connectivity index (χ2n) is 7.38. The molecule has 8 nitrogen and oxygen atoms in total. The Kier molecular flexibility index (Phi) is 5.61. The summed E-state index contributed by atoms with van der Waals surface area (Å²) < 4.78 is 38.3. The highest BCUT2D eigenvalue weighted by Gasteiger charge is 2.28. The van der Waals surface area contributed by atoms with E-state index in [-0.39, 0.29) is 22.4 Å². The average molecular weight is 426 g/mol. The smallest absolute Gasteiger partial charge is 0.243 e. The van der Waals surface area contributed by atoms with E-state index in [0.717, 1.165) is 12.8 Å². The highest BCUT2D eigenvalue weighted by molar-refractivity contribution is 7.89. The average Bonchev–Trinajstić information content (AvgIpc) is 3.42. The fraction of sp³-hybridized carbons (Fsp3) is 0.333. The zero-order valence-electron chi connectivity index (χ0n) is 16.5. The molecular weight excluding hydrogens is 404 g/mol. The number of rotatable bonds is 6. The molecule has 1 saturated heterocycles. The van der Waals surface area contributed by atoms with E-state index in [2.05, 4.69) is 17.2 Å². The van der Waals surface area contributed by atoms with E-state index >= 15 is 0 Å². The lowest BCUT2D eigenvalue weighted by Gasteiger charge is -2.30. The van der Waals surface area contributed by atoms with Gasteiger partial charge in [-0.05, 0) is 55.2 Å². The first-order valence-electron chi connectivity index (χ1n) is 9.75. The van der Waals surface area contributed by atoms with Crippen LogP contribution in [-0.2, 0) is 16.6 Å². The molecule has 30 heavy (non-hydrogen) atoms. The van der Waals surface area contributed by atoms with E-state index < -0.39 is 10.0 Å². The Balaban J connectivity index is 1.53. The standard InChI is InChI=1S/C21H22N4O4S/c1-15-4-2-10-25(14-15)30(26,27)18-8-6-16(7-9-18)20-24-19(12-22)21(29-20)23-13-17-5-3-11-28-17/h3,5-9,11,15,23H,2,4,10,13-14H2,1H3/t15-/m0/s1. The van der Waals surface area contributed by atoms with Crippen LogP contribution >= 0.6 is 0 Å². The molecular formula is C21H22N4O4S. The molecule has 1 atom stereocenters. The molecule has 2 aromatic heterocycles. The third-order valence-electron chi connectivity index (χ3n) is 5.10. The minimum absolute atomic E-state index is 0.121. The van der Waals surface area contributed by atoms with Crippen LogP contribution < -0.4 is 5.32 Å². The number of benzene rings is 1. The Morgan fingerprint density at radius 2 is 2.10 bits per heavy atom. The number of nitriles is 1. The molecule has 1 fully saturated rings. The summed E-state index contributed by atoms with van der Waals surface area (Å²) >= 11 is 0. The molecule has 1 aromatic carbocycles. The summed E-state index contributed by atoms with van der Waals surface area (Å²) in [4.78, 5) is 4.45. The zero-order chi connectivity index (χ0) is 21.1. The molecule has 1 N–H and O–H groups in total. The van der Waals surface area contributed by atoms with Gasteiger partial charge < -0.3 is 14.2 Å². The fourth-order valence-corrected chi connectivity index (χ4v) is 5.10. The van der Waals surface area contributed by atoms with Crippen molar-refractivity contribution in [2.45, 2.75) is 31.2 Å². The molecule has 0 aliphatic carbocycles. The van der Waals surface area contributed by atoms with Crippen LogP contribution in [-0.4, -0.2) is 30.8 Å². The normalized spacial score (nSPS) is 17.5. The van der Waals surface area contributed by atoms with Crippen LogP contribution in [0.25, 0.3) is 11.5 Å². The van der Waals surface area contributed by atoms with Crippen LogP contribution in [0.1, 0.15) is 31.2 Å². The van der Waals surface area contributed by atoms with Crippen molar-refractivity contribution in [2.24, 2.45) is 5.92 Å².